The van der Waals surface area contributed by atoms with E-state index >= 15 is 0 Å². The number of hydrogen-bond acceptors (Lipinski definition) is 3. The van der Waals surface area contributed by atoms with Gasteiger partial charge in [0.1, 0.15) is 0 Å². The summed E-state index contributed by atoms with van der Waals surface area (Å²) in [7, 11) is -4.30. The summed E-state index contributed by atoms with van der Waals surface area (Å²) in [6, 6.07) is 9.55. The molecule has 1 unspecified atom stereocenters. The van der Waals surface area contributed by atoms with Crippen molar-refractivity contribution in [2.75, 3.05) is 0 Å². The van der Waals surface area contributed by atoms with Crippen molar-refractivity contribution >= 4 is 32.3 Å². The quantitative estimate of drug-likeness (QED) is 0.819. The Morgan fingerprint density at radius 2 is 1.85 bits per heavy atom. The molecule has 0 amide bonds. The monoisotopic (exact) mass is 289 g/mol. The van der Waals surface area contributed by atoms with Crippen molar-refractivity contribution in [2.45, 2.75) is 25.5 Å². The van der Waals surface area contributed by atoms with Gasteiger partial charge in [0.2, 0.25) is 0 Å². The highest BCUT2D eigenvalue weighted by Gasteiger charge is 2.49. The highest BCUT2D eigenvalue weighted by molar-refractivity contribution is 7.87. The largest absolute Gasteiger partial charge is 0.285 e. The molecule has 0 saturated carbocycles. The van der Waals surface area contributed by atoms with Gasteiger partial charge in [-0.1, -0.05) is 24.3 Å². The molecular formula is C15H15NO3S. The Morgan fingerprint density at radius 3 is 2.50 bits per heavy atom. The van der Waals surface area contributed by atoms with Crippen molar-refractivity contribution in [2.24, 2.45) is 4.99 Å². The Kier molecular flexibility index (Phi) is 2.59. The first-order valence-electron chi connectivity index (χ1n) is 6.32. The fourth-order valence-electron chi connectivity index (χ4n) is 2.87. The molecule has 0 spiro atoms. The second-order valence-electron chi connectivity index (χ2n) is 5.34. The SMILES string of the molecule is CC1=Nc2c(C)cc3ccccc3c2C1(C)S(=O)(=O)O. The number of aliphatic imine (C=N–C) groups is 1. The Hall–Kier alpha value is -1.72. The standard InChI is InChI=1S/C15H15NO3S/c1-9-8-11-6-4-5-7-12(11)13-14(9)16-10(2)15(13,3)20(17,18)19/h4-8H,1-3H3,(H,17,18,19). The summed E-state index contributed by atoms with van der Waals surface area (Å²) in [5.74, 6) is 0. The van der Waals surface area contributed by atoms with Crippen LogP contribution in [0.25, 0.3) is 10.8 Å². The number of rotatable bonds is 1. The lowest BCUT2D eigenvalue weighted by molar-refractivity contribution is 0.462. The second kappa shape index (κ2) is 3.90. The molecule has 4 nitrogen and oxygen atoms in total. The van der Waals surface area contributed by atoms with E-state index in [0.29, 0.717) is 17.0 Å². The summed E-state index contributed by atoms with van der Waals surface area (Å²) in [4.78, 5) is 4.40. The number of benzene rings is 2. The van der Waals surface area contributed by atoms with Crippen LogP contribution in [0.15, 0.2) is 35.3 Å². The van der Waals surface area contributed by atoms with E-state index in [1.807, 2.05) is 37.3 Å². The summed E-state index contributed by atoms with van der Waals surface area (Å²) in [6.45, 7) is 5.05. The van der Waals surface area contributed by atoms with Crippen LogP contribution in [0.4, 0.5) is 5.69 Å². The van der Waals surface area contributed by atoms with Gasteiger partial charge in [-0.2, -0.15) is 8.42 Å². The lowest BCUT2D eigenvalue weighted by atomic mass is 9.90. The van der Waals surface area contributed by atoms with Gasteiger partial charge in [-0.25, -0.2) is 0 Å². The van der Waals surface area contributed by atoms with Gasteiger partial charge in [-0.15, -0.1) is 0 Å². The van der Waals surface area contributed by atoms with Crippen molar-refractivity contribution in [1.29, 1.82) is 0 Å². The van der Waals surface area contributed by atoms with Gasteiger partial charge < -0.3 is 0 Å². The van der Waals surface area contributed by atoms with Crippen molar-refractivity contribution in [1.82, 2.24) is 0 Å². The summed E-state index contributed by atoms with van der Waals surface area (Å²) < 4.78 is 32.2. The summed E-state index contributed by atoms with van der Waals surface area (Å²) in [5, 5.41) is 1.76. The zero-order valence-electron chi connectivity index (χ0n) is 11.5. The predicted octanol–water partition coefficient (Wildman–Crippen LogP) is 3.36. The maximum Gasteiger partial charge on any atom is 0.280 e. The van der Waals surface area contributed by atoms with Crippen molar-refractivity contribution < 1.29 is 13.0 Å². The van der Waals surface area contributed by atoms with Crippen LogP contribution in [0, 0.1) is 6.92 Å². The maximum absolute atomic E-state index is 12.0. The van der Waals surface area contributed by atoms with E-state index in [2.05, 4.69) is 4.99 Å². The topological polar surface area (TPSA) is 66.7 Å². The third-order valence-electron chi connectivity index (χ3n) is 4.18. The summed E-state index contributed by atoms with van der Waals surface area (Å²) in [5.41, 5.74) is 2.54. The Morgan fingerprint density at radius 1 is 1.20 bits per heavy atom. The van der Waals surface area contributed by atoms with Gasteiger partial charge in [-0.3, -0.25) is 9.55 Å². The van der Waals surface area contributed by atoms with Gasteiger partial charge in [0, 0.05) is 11.3 Å². The van der Waals surface area contributed by atoms with Gasteiger partial charge in [-0.05, 0) is 43.2 Å². The number of nitrogens with zero attached hydrogens (tertiary/aromatic N) is 1. The third-order valence-corrected chi connectivity index (χ3v) is 5.71. The van der Waals surface area contributed by atoms with E-state index in [0.717, 1.165) is 16.3 Å². The molecule has 1 N–H and O–H groups in total. The molecule has 3 rings (SSSR count). The Balaban J connectivity index is 2.55. The number of hydrogen-bond donors (Lipinski definition) is 1. The molecule has 0 aliphatic carbocycles. The average molecular weight is 289 g/mol. The molecule has 0 bridgehead atoms. The molecule has 2 aromatic rings. The molecule has 5 heteroatoms. The summed E-state index contributed by atoms with van der Waals surface area (Å²) in [6.07, 6.45) is 0. The van der Waals surface area contributed by atoms with Crippen LogP contribution in [0.3, 0.4) is 0 Å². The number of fused-ring (bicyclic) bond motifs is 3. The molecule has 0 saturated heterocycles. The first kappa shape index (κ1) is 13.3. The van der Waals surface area contributed by atoms with E-state index < -0.39 is 14.9 Å². The van der Waals surface area contributed by atoms with Crippen LogP contribution < -0.4 is 0 Å². The van der Waals surface area contributed by atoms with E-state index in [-0.39, 0.29) is 0 Å². The Labute approximate surface area is 117 Å². The minimum absolute atomic E-state index is 0.398. The third kappa shape index (κ3) is 1.50. The fourth-order valence-corrected chi connectivity index (χ4v) is 3.76. The maximum atomic E-state index is 12.0. The normalized spacial score (nSPS) is 21.9. The lowest BCUT2D eigenvalue weighted by Crippen LogP contribution is -2.37. The highest BCUT2D eigenvalue weighted by Crippen LogP contribution is 2.48. The lowest BCUT2D eigenvalue weighted by Gasteiger charge is -2.24. The van der Waals surface area contributed by atoms with Gasteiger partial charge in [0.05, 0.1) is 5.69 Å². The van der Waals surface area contributed by atoms with E-state index in [1.165, 1.54) is 6.92 Å². The van der Waals surface area contributed by atoms with E-state index in [1.54, 1.807) is 6.92 Å². The summed E-state index contributed by atoms with van der Waals surface area (Å²) >= 11 is 0. The van der Waals surface area contributed by atoms with Gasteiger partial charge >= 0.3 is 0 Å². The van der Waals surface area contributed by atoms with Crippen LogP contribution in [-0.4, -0.2) is 18.7 Å². The van der Waals surface area contributed by atoms with E-state index in [4.69, 9.17) is 0 Å². The minimum Gasteiger partial charge on any atom is -0.285 e. The molecule has 104 valence electrons. The van der Waals surface area contributed by atoms with Gasteiger partial charge in [0.25, 0.3) is 10.1 Å². The molecule has 1 aliphatic rings. The number of aryl methyl sites for hydroxylation is 1. The molecule has 0 aromatic heterocycles. The highest BCUT2D eigenvalue weighted by atomic mass is 32.2. The molecule has 1 aliphatic heterocycles. The zero-order valence-corrected chi connectivity index (χ0v) is 12.3. The van der Waals surface area contributed by atoms with Crippen LogP contribution >= 0.6 is 0 Å². The van der Waals surface area contributed by atoms with Crippen LogP contribution in [-0.2, 0) is 14.9 Å². The zero-order chi connectivity index (χ0) is 14.7. The average Bonchev–Trinajstić information content (AvgIpc) is 2.64. The minimum atomic E-state index is -4.30. The smallest absolute Gasteiger partial charge is 0.280 e. The molecule has 1 atom stereocenters. The Bertz CT molecular complexity index is 868. The molecular weight excluding hydrogens is 274 g/mol. The van der Waals surface area contributed by atoms with Crippen molar-refractivity contribution in [3.8, 4) is 0 Å². The van der Waals surface area contributed by atoms with Crippen molar-refractivity contribution in [3.63, 3.8) is 0 Å². The van der Waals surface area contributed by atoms with Crippen LogP contribution in [0.5, 0.6) is 0 Å². The van der Waals surface area contributed by atoms with Crippen LogP contribution in [0.2, 0.25) is 0 Å². The van der Waals surface area contributed by atoms with Crippen molar-refractivity contribution in [3.05, 3.63) is 41.5 Å². The van der Waals surface area contributed by atoms with Gasteiger partial charge in [0.15, 0.2) is 4.75 Å². The van der Waals surface area contributed by atoms with Crippen LogP contribution in [0.1, 0.15) is 25.0 Å². The molecule has 2 aromatic carbocycles. The first-order chi connectivity index (χ1) is 9.26. The molecule has 1 heterocycles. The molecule has 0 radical (unpaired) electrons. The molecule has 0 fully saturated rings. The second-order valence-corrected chi connectivity index (χ2v) is 7.11. The predicted molar refractivity (Wildman–Crippen MR) is 80.4 cm³/mol. The molecule has 20 heavy (non-hydrogen) atoms. The first-order valence-corrected chi connectivity index (χ1v) is 7.76. The van der Waals surface area contributed by atoms with E-state index in [9.17, 15) is 13.0 Å². The fraction of sp³-hybridized carbons (Fsp3) is 0.267.